The fourth-order valence-corrected chi connectivity index (χ4v) is 1.71. The lowest BCUT2D eigenvalue weighted by atomic mass is 10.4. The standard InChI is InChI=1S/C11H9NO2S/c1-8-2-3-9(5-12-8)14-10-4-11(6-13)15-7-10/h2-7H,1H3. The van der Waals surface area contributed by atoms with Crippen molar-refractivity contribution in [2.24, 2.45) is 0 Å². The van der Waals surface area contributed by atoms with Crippen LogP contribution in [0.15, 0.2) is 29.8 Å². The van der Waals surface area contributed by atoms with Crippen molar-refractivity contribution in [3.63, 3.8) is 0 Å². The lowest BCUT2D eigenvalue weighted by molar-refractivity contribution is 0.112. The Balaban J connectivity index is 2.14. The highest BCUT2D eigenvalue weighted by Crippen LogP contribution is 2.25. The molecule has 2 heterocycles. The summed E-state index contributed by atoms with van der Waals surface area (Å²) in [6, 6.07) is 5.43. The van der Waals surface area contributed by atoms with E-state index < -0.39 is 0 Å². The summed E-state index contributed by atoms with van der Waals surface area (Å²) < 4.78 is 5.50. The second-order valence-corrected chi connectivity index (χ2v) is 3.98. The number of hydrogen-bond donors (Lipinski definition) is 0. The molecule has 0 aromatic carbocycles. The van der Waals surface area contributed by atoms with Crippen LogP contribution in [0.4, 0.5) is 0 Å². The molecule has 0 aliphatic carbocycles. The van der Waals surface area contributed by atoms with Crippen LogP contribution in [0.25, 0.3) is 0 Å². The van der Waals surface area contributed by atoms with Crippen molar-refractivity contribution in [1.82, 2.24) is 4.98 Å². The average Bonchev–Trinajstić information content (AvgIpc) is 2.69. The van der Waals surface area contributed by atoms with E-state index in [0.29, 0.717) is 16.4 Å². The van der Waals surface area contributed by atoms with E-state index in [9.17, 15) is 4.79 Å². The molecule has 15 heavy (non-hydrogen) atoms. The van der Waals surface area contributed by atoms with Gasteiger partial charge in [0, 0.05) is 17.1 Å². The second-order valence-electron chi connectivity index (χ2n) is 3.04. The fraction of sp³-hybridized carbons (Fsp3) is 0.0909. The summed E-state index contributed by atoms with van der Waals surface area (Å²) in [5.74, 6) is 1.35. The number of pyridine rings is 1. The van der Waals surface area contributed by atoms with Crippen molar-refractivity contribution in [1.29, 1.82) is 0 Å². The van der Waals surface area contributed by atoms with Crippen LogP contribution in [-0.4, -0.2) is 11.3 Å². The molecule has 76 valence electrons. The minimum atomic E-state index is 0.657. The van der Waals surface area contributed by atoms with Gasteiger partial charge in [0.15, 0.2) is 6.29 Å². The van der Waals surface area contributed by atoms with Gasteiger partial charge in [-0.25, -0.2) is 0 Å². The molecule has 0 radical (unpaired) electrons. The molecule has 0 unspecified atom stereocenters. The summed E-state index contributed by atoms with van der Waals surface area (Å²) in [6.45, 7) is 1.92. The van der Waals surface area contributed by atoms with Crippen LogP contribution in [0.2, 0.25) is 0 Å². The predicted octanol–water partition coefficient (Wildman–Crippen LogP) is 3.06. The zero-order chi connectivity index (χ0) is 10.7. The summed E-state index contributed by atoms with van der Waals surface area (Å²) in [4.78, 5) is 15.2. The van der Waals surface area contributed by atoms with Gasteiger partial charge in [-0.1, -0.05) is 0 Å². The van der Waals surface area contributed by atoms with Crippen LogP contribution < -0.4 is 4.74 Å². The molecule has 0 aliphatic heterocycles. The molecule has 0 aliphatic rings. The van der Waals surface area contributed by atoms with Crippen LogP contribution in [0.5, 0.6) is 11.5 Å². The summed E-state index contributed by atoms with van der Waals surface area (Å²) >= 11 is 1.36. The monoisotopic (exact) mass is 219 g/mol. The van der Waals surface area contributed by atoms with Gasteiger partial charge in [0.1, 0.15) is 11.5 Å². The number of thiophene rings is 1. The first-order chi connectivity index (χ1) is 7.28. The van der Waals surface area contributed by atoms with Gasteiger partial charge >= 0.3 is 0 Å². The molecule has 2 rings (SSSR count). The summed E-state index contributed by atoms with van der Waals surface area (Å²) in [6.07, 6.45) is 2.47. The Kier molecular flexibility index (Phi) is 2.78. The summed E-state index contributed by atoms with van der Waals surface area (Å²) in [7, 11) is 0. The van der Waals surface area contributed by atoms with E-state index in [4.69, 9.17) is 4.74 Å². The molecule has 3 nitrogen and oxygen atoms in total. The minimum Gasteiger partial charge on any atom is -0.455 e. The van der Waals surface area contributed by atoms with Crippen molar-refractivity contribution in [2.45, 2.75) is 6.92 Å². The van der Waals surface area contributed by atoms with Gasteiger partial charge in [-0.3, -0.25) is 9.78 Å². The number of ether oxygens (including phenoxy) is 1. The van der Waals surface area contributed by atoms with E-state index in [1.807, 2.05) is 19.1 Å². The van der Waals surface area contributed by atoms with Gasteiger partial charge in [-0.15, -0.1) is 11.3 Å². The van der Waals surface area contributed by atoms with Gasteiger partial charge < -0.3 is 4.74 Å². The van der Waals surface area contributed by atoms with E-state index >= 15 is 0 Å². The number of rotatable bonds is 3. The molecule has 2 aromatic rings. The molecule has 0 spiro atoms. The molecule has 0 amide bonds. The first-order valence-corrected chi connectivity index (χ1v) is 5.30. The van der Waals surface area contributed by atoms with Crippen molar-refractivity contribution < 1.29 is 9.53 Å². The maximum Gasteiger partial charge on any atom is 0.160 e. The molecule has 0 saturated heterocycles. The quantitative estimate of drug-likeness (QED) is 0.745. The Bertz CT molecular complexity index is 462. The third-order valence-electron chi connectivity index (χ3n) is 1.83. The Morgan fingerprint density at radius 2 is 2.27 bits per heavy atom. The lowest BCUT2D eigenvalue weighted by Crippen LogP contribution is -1.84. The maximum absolute atomic E-state index is 10.5. The van der Waals surface area contributed by atoms with Crippen molar-refractivity contribution in [3.05, 3.63) is 40.3 Å². The highest BCUT2D eigenvalue weighted by molar-refractivity contribution is 7.11. The number of aromatic nitrogens is 1. The van der Waals surface area contributed by atoms with E-state index in [1.165, 1.54) is 11.3 Å². The molecule has 0 fully saturated rings. The van der Waals surface area contributed by atoms with Crippen molar-refractivity contribution >= 4 is 17.6 Å². The van der Waals surface area contributed by atoms with Gasteiger partial charge in [-0.05, 0) is 19.1 Å². The van der Waals surface area contributed by atoms with E-state index in [0.717, 1.165) is 12.0 Å². The van der Waals surface area contributed by atoms with Crippen LogP contribution in [0, 0.1) is 6.92 Å². The number of aryl methyl sites for hydroxylation is 1. The van der Waals surface area contributed by atoms with Crippen LogP contribution in [0.1, 0.15) is 15.4 Å². The molecule has 0 bridgehead atoms. The minimum absolute atomic E-state index is 0.657. The highest BCUT2D eigenvalue weighted by atomic mass is 32.1. The number of carbonyl (C=O) groups excluding carboxylic acids is 1. The molecular formula is C11H9NO2S. The summed E-state index contributed by atoms with van der Waals surface area (Å²) in [5.41, 5.74) is 0.946. The first-order valence-electron chi connectivity index (χ1n) is 4.42. The SMILES string of the molecule is Cc1ccc(Oc2csc(C=O)c2)cn1. The molecule has 0 saturated carbocycles. The zero-order valence-electron chi connectivity index (χ0n) is 8.14. The van der Waals surface area contributed by atoms with Gasteiger partial charge in [-0.2, -0.15) is 0 Å². The number of carbonyl (C=O) groups is 1. The largest absolute Gasteiger partial charge is 0.455 e. The first kappa shape index (κ1) is 9.86. The topological polar surface area (TPSA) is 39.2 Å². The molecule has 4 heteroatoms. The van der Waals surface area contributed by atoms with E-state index in [1.54, 1.807) is 17.6 Å². The number of nitrogens with zero attached hydrogens (tertiary/aromatic N) is 1. The Hall–Kier alpha value is -1.68. The molecule has 0 N–H and O–H groups in total. The number of aldehydes is 1. The van der Waals surface area contributed by atoms with Gasteiger partial charge in [0.25, 0.3) is 0 Å². The Morgan fingerprint density at radius 3 is 2.87 bits per heavy atom. The van der Waals surface area contributed by atoms with Crippen LogP contribution in [0.3, 0.4) is 0 Å². The molecule has 0 atom stereocenters. The third-order valence-corrected chi connectivity index (χ3v) is 2.67. The van der Waals surface area contributed by atoms with E-state index in [-0.39, 0.29) is 0 Å². The normalized spacial score (nSPS) is 9.93. The average molecular weight is 219 g/mol. The Labute approximate surface area is 91.4 Å². The fourth-order valence-electron chi connectivity index (χ4n) is 1.10. The molecule has 2 aromatic heterocycles. The third kappa shape index (κ3) is 2.41. The number of hydrogen-bond acceptors (Lipinski definition) is 4. The summed E-state index contributed by atoms with van der Waals surface area (Å²) in [5, 5.41) is 1.80. The second kappa shape index (κ2) is 4.23. The highest BCUT2D eigenvalue weighted by Gasteiger charge is 2.01. The predicted molar refractivity (Wildman–Crippen MR) is 58.8 cm³/mol. The van der Waals surface area contributed by atoms with Crippen molar-refractivity contribution in [2.75, 3.05) is 0 Å². The van der Waals surface area contributed by atoms with Crippen LogP contribution >= 0.6 is 11.3 Å². The zero-order valence-corrected chi connectivity index (χ0v) is 8.95. The van der Waals surface area contributed by atoms with Gasteiger partial charge in [0.05, 0.1) is 11.1 Å². The van der Waals surface area contributed by atoms with E-state index in [2.05, 4.69) is 4.98 Å². The Morgan fingerprint density at radius 1 is 1.40 bits per heavy atom. The maximum atomic E-state index is 10.5. The smallest absolute Gasteiger partial charge is 0.160 e. The lowest BCUT2D eigenvalue weighted by Gasteiger charge is -2.01. The van der Waals surface area contributed by atoms with Crippen molar-refractivity contribution in [3.8, 4) is 11.5 Å². The molecular weight excluding hydrogens is 210 g/mol. The van der Waals surface area contributed by atoms with Gasteiger partial charge in [0.2, 0.25) is 0 Å². The van der Waals surface area contributed by atoms with Crippen LogP contribution in [-0.2, 0) is 0 Å².